The van der Waals surface area contributed by atoms with Gasteiger partial charge < -0.3 is 15.1 Å². The van der Waals surface area contributed by atoms with Crippen LogP contribution in [0.3, 0.4) is 0 Å². The Bertz CT molecular complexity index is 456. The van der Waals surface area contributed by atoms with Gasteiger partial charge in [0.15, 0.2) is 0 Å². The first kappa shape index (κ1) is 14.5. The zero-order valence-corrected chi connectivity index (χ0v) is 12.6. The summed E-state index contributed by atoms with van der Waals surface area (Å²) in [5.74, 6) is 0.303. The molecule has 4 heteroatoms. The maximum atomic E-state index is 12.6. The molecule has 2 aliphatic heterocycles. The first-order valence-electron chi connectivity index (χ1n) is 8.12. The topological polar surface area (TPSA) is 35.6 Å². The molecule has 0 aliphatic carbocycles. The van der Waals surface area contributed by atoms with E-state index in [1.165, 1.54) is 18.4 Å². The van der Waals surface area contributed by atoms with Crippen LogP contribution in [0, 0.1) is 0 Å². The second-order valence-electron chi connectivity index (χ2n) is 6.02. The van der Waals surface area contributed by atoms with Crippen LogP contribution >= 0.6 is 0 Å². The van der Waals surface area contributed by atoms with E-state index in [9.17, 15) is 4.79 Å². The third-order valence-electron chi connectivity index (χ3n) is 4.59. The number of nitrogens with one attached hydrogen (secondary N) is 1. The van der Waals surface area contributed by atoms with Gasteiger partial charge in [-0.2, -0.15) is 0 Å². The zero-order valence-electron chi connectivity index (χ0n) is 12.6. The molecule has 0 radical (unpaired) electrons. The van der Waals surface area contributed by atoms with Crippen molar-refractivity contribution in [2.75, 3.05) is 39.3 Å². The van der Waals surface area contributed by atoms with Gasteiger partial charge in [0.05, 0.1) is 6.04 Å². The van der Waals surface area contributed by atoms with Gasteiger partial charge in [-0.3, -0.25) is 4.79 Å². The van der Waals surface area contributed by atoms with Crippen molar-refractivity contribution < 1.29 is 4.79 Å². The molecule has 21 heavy (non-hydrogen) atoms. The van der Waals surface area contributed by atoms with Gasteiger partial charge in [0.1, 0.15) is 0 Å². The number of hydrogen-bond donors (Lipinski definition) is 1. The van der Waals surface area contributed by atoms with Gasteiger partial charge in [0.2, 0.25) is 5.91 Å². The zero-order chi connectivity index (χ0) is 14.5. The van der Waals surface area contributed by atoms with E-state index in [1.807, 2.05) is 6.07 Å². The smallest absolute Gasteiger partial charge is 0.224 e. The molecular formula is C17H25N3O. The fraction of sp³-hybridized carbons (Fsp3) is 0.588. The minimum atomic E-state index is 0.186. The minimum Gasteiger partial charge on any atom is -0.333 e. The Balaban J connectivity index is 1.61. The highest BCUT2D eigenvalue weighted by molar-refractivity contribution is 5.77. The lowest BCUT2D eigenvalue weighted by atomic mass is 10.0. The highest BCUT2D eigenvalue weighted by atomic mass is 16.2. The fourth-order valence-electron chi connectivity index (χ4n) is 3.38. The van der Waals surface area contributed by atoms with E-state index in [-0.39, 0.29) is 6.04 Å². The van der Waals surface area contributed by atoms with Gasteiger partial charge >= 0.3 is 0 Å². The Hall–Kier alpha value is -1.39. The first-order chi connectivity index (χ1) is 10.3. The van der Waals surface area contributed by atoms with Crippen LogP contribution in [-0.2, 0) is 4.79 Å². The molecule has 1 aromatic carbocycles. The van der Waals surface area contributed by atoms with Crippen molar-refractivity contribution in [3.05, 3.63) is 35.9 Å². The number of piperazine rings is 1. The lowest BCUT2D eigenvalue weighted by Crippen LogP contribution is -2.49. The van der Waals surface area contributed by atoms with E-state index in [1.54, 1.807) is 0 Å². The summed E-state index contributed by atoms with van der Waals surface area (Å²) in [6, 6.07) is 10.6. The molecule has 2 aliphatic rings. The van der Waals surface area contributed by atoms with Gasteiger partial charge in [0, 0.05) is 32.6 Å². The number of rotatable bonds is 4. The lowest BCUT2D eigenvalue weighted by Gasteiger charge is -2.37. The van der Waals surface area contributed by atoms with Gasteiger partial charge in [-0.25, -0.2) is 0 Å². The van der Waals surface area contributed by atoms with Gasteiger partial charge in [0.25, 0.3) is 0 Å². The van der Waals surface area contributed by atoms with E-state index in [4.69, 9.17) is 0 Å². The second-order valence-corrected chi connectivity index (χ2v) is 6.02. The maximum absolute atomic E-state index is 12.6. The molecule has 0 saturated carbocycles. The minimum absolute atomic E-state index is 0.186. The lowest BCUT2D eigenvalue weighted by molar-refractivity contribution is -0.134. The summed E-state index contributed by atoms with van der Waals surface area (Å²) >= 11 is 0. The van der Waals surface area contributed by atoms with Crippen molar-refractivity contribution in [2.24, 2.45) is 0 Å². The summed E-state index contributed by atoms with van der Waals surface area (Å²) in [6.07, 6.45) is 3.23. The number of nitrogens with zero attached hydrogens (tertiary/aromatic N) is 2. The van der Waals surface area contributed by atoms with Crippen molar-refractivity contribution in [3.8, 4) is 0 Å². The number of amides is 1. The monoisotopic (exact) mass is 287 g/mol. The number of benzene rings is 1. The number of likely N-dealkylation sites (tertiary alicyclic amines) is 1. The normalized spacial score (nSPS) is 23.4. The molecule has 3 rings (SSSR count). The van der Waals surface area contributed by atoms with Gasteiger partial charge in [-0.1, -0.05) is 30.3 Å². The van der Waals surface area contributed by atoms with E-state index >= 15 is 0 Å². The molecule has 1 atom stereocenters. The SMILES string of the molecule is O=C(CCN1CCCC1)N1CCNC[C@@H]1c1ccccc1. The van der Waals surface area contributed by atoms with E-state index in [0.29, 0.717) is 12.3 Å². The predicted octanol–water partition coefficient (Wildman–Crippen LogP) is 1.65. The molecule has 2 fully saturated rings. The van der Waals surface area contributed by atoms with Crippen LogP contribution in [0.5, 0.6) is 0 Å². The molecule has 0 bridgehead atoms. The van der Waals surface area contributed by atoms with Crippen LogP contribution in [0.4, 0.5) is 0 Å². The predicted molar refractivity (Wildman–Crippen MR) is 84.1 cm³/mol. The van der Waals surface area contributed by atoms with Crippen LogP contribution in [0.15, 0.2) is 30.3 Å². The summed E-state index contributed by atoms with van der Waals surface area (Å²) in [5.41, 5.74) is 1.24. The van der Waals surface area contributed by atoms with Crippen molar-refractivity contribution in [1.82, 2.24) is 15.1 Å². The molecule has 1 N–H and O–H groups in total. The molecule has 114 valence electrons. The number of hydrogen-bond acceptors (Lipinski definition) is 3. The van der Waals surface area contributed by atoms with Crippen LogP contribution < -0.4 is 5.32 Å². The maximum Gasteiger partial charge on any atom is 0.224 e. The van der Waals surface area contributed by atoms with Gasteiger partial charge in [-0.15, -0.1) is 0 Å². The molecule has 1 amide bonds. The van der Waals surface area contributed by atoms with E-state index in [2.05, 4.69) is 39.4 Å². The molecule has 1 aromatic rings. The van der Waals surface area contributed by atoms with E-state index in [0.717, 1.165) is 39.3 Å². The highest BCUT2D eigenvalue weighted by Gasteiger charge is 2.27. The summed E-state index contributed by atoms with van der Waals surface area (Å²) < 4.78 is 0. The Morgan fingerprint density at radius 2 is 1.90 bits per heavy atom. The molecule has 0 aromatic heterocycles. The Morgan fingerprint density at radius 1 is 1.14 bits per heavy atom. The van der Waals surface area contributed by atoms with Crippen molar-refractivity contribution >= 4 is 5.91 Å². The molecule has 0 unspecified atom stereocenters. The average Bonchev–Trinajstić information content (AvgIpc) is 3.07. The molecule has 2 saturated heterocycles. The third kappa shape index (κ3) is 3.63. The Morgan fingerprint density at radius 3 is 2.67 bits per heavy atom. The van der Waals surface area contributed by atoms with Crippen LogP contribution in [0.1, 0.15) is 30.9 Å². The molecule has 4 nitrogen and oxygen atoms in total. The summed E-state index contributed by atoms with van der Waals surface area (Å²) in [6.45, 7) is 5.83. The average molecular weight is 287 g/mol. The molecule has 2 heterocycles. The van der Waals surface area contributed by atoms with Crippen molar-refractivity contribution in [1.29, 1.82) is 0 Å². The summed E-state index contributed by atoms with van der Waals surface area (Å²) in [7, 11) is 0. The quantitative estimate of drug-likeness (QED) is 0.914. The Labute approximate surface area is 127 Å². The molecule has 0 spiro atoms. The Kier molecular flexibility index (Phi) is 4.88. The largest absolute Gasteiger partial charge is 0.333 e. The van der Waals surface area contributed by atoms with E-state index < -0.39 is 0 Å². The third-order valence-corrected chi connectivity index (χ3v) is 4.59. The van der Waals surface area contributed by atoms with Crippen LogP contribution in [0.25, 0.3) is 0 Å². The second kappa shape index (κ2) is 7.05. The van der Waals surface area contributed by atoms with Gasteiger partial charge in [-0.05, 0) is 31.5 Å². The number of carbonyl (C=O) groups excluding carboxylic acids is 1. The first-order valence-corrected chi connectivity index (χ1v) is 8.12. The molecular weight excluding hydrogens is 262 g/mol. The van der Waals surface area contributed by atoms with Crippen LogP contribution in [-0.4, -0.2) is 55.0 Å². The fourth-order valence-corrected chi connectivity index (χ4v) is 3.38. The number of carbonyl (C=O) groups is 1. The summed E-state index contributed by atoms with van der Waals surface area (Å²) in [5, 5.41) is 3.41. The highest BCUT2D eigenvalue weighted by Crippen LogP contribution is 2.23. The van der Waals surface area contributed by atoms with Crippen molar-refractivity contribution in [2.45, 2.75) is 25.3 Å². The van der Waals surface area contributed by atoms with Crippen LogP contribution in [0.2, 0.25) is 0 Å². The van der Waals surface area contributed by atoms with Crippen molar-refractivity contribution in [3.63, 3.8) is 0 Å². The summed E-state index contributed by atoms with van der Waals surface area (Å²) in [4.78, 5) is 17.1. The standard InChI is InChI=1S/C17H25N3O/c21-17(8-12-19-10-4-5-11-19)20-13-9-18-14-16(20)15-6-2-1-3-7-15/h1-3,6-7,16,18H,4-5,8-14H2/t16-/m1/s1.